The molecule has 2 aliphatic heterocycles. The van der Waals surface area contributed by atoms with Gasteiger partial charge in [-0.25, -0.2) is 0 Å². The number of phenolic OH excluding ortho intramolecular Hbond substituents is 1. The van der Waals surface area contributed by atoms with E-state index >= 15 is 0 Å². The first-order chi connectivity index (χ1) is 12.1. The minimum atomic E-state index is -0.0817. The number of nitrogens with zero attached hydrogens (tertiary/aromatic N) is 3. The van der Waals surface area contributed by atoms with Gasteiger partial charge in [-0.05, 0) is 29.8 Å². The highest BCUT2D eigenvalue weighted by molar-refractivity contribution is 9.10. The number of hydrogen-bond acceptors (Lipinski definition) is 6. The molecule has 2 aliphatic rings. The molecule has 0 aliphatic carbocycles. The number of ether oxygens (including phenoxy) is 1. The lowest BCUT2D eigenvalue weighted by Gasteiger charge is -2.28. The summed E-state index contributed by atoms with van der Waals surface area (Å²) in [4.78, 5) is 11.8. The van der Waals surface area contributed by atoms with Crippen LogP contribution in [-0.2, 0) is 0 Å². The van der Waals surface area contributed by atoms with Crippen LogP contribution in [0.3, 0.4) is 0 Å². The molecule has 0 saturated carbocycles. The number of pyridine rings is 1. The maximum absolute atomic E-state index is 10.1. The molecule has 3 atom stereocenters. The van der Waals surface area contributed by atoms with Gasteiger partial charge in [0.2, 0.25) is 0 Å². The summed E-state index contributed by atoms with van der Waals surface area (Å²) in [5.74, 6) is 0.585. The third-order valence-electron chi connectivity index (χ3n) is 4.50. The fourth-order valence-corrected chi connectivity index (χ4v) is 5.06. The number of hydrogen-bond donors (Lipinski definition) is 1. The smallest absolute Gasteiger partial charge is 0.160 e. The first-order valence-electron chi connectivity index (χ1n) is 8.07. The lowest BCUT2D eigenvalue weighted by Crippen LogP contribution is -2.28. The second-order valence-corrected chi connectivity index (χ2v) is 8.44. The minimum absolute atomic E-state index is 0.0197. The highest BCUT2D eigenvalue weighted by Gasteiger charge is 2.44. The fraction of sp³-hybridized carbons (Fsp3) is 0.333. The van der Waals surface area contributed by atoms with Crippen LogP contribution in [0.5, 0.6) is 11.5 Å². The Bertz CT molecular complexity index is 831. The number of aromatic hydroxyl groups is 1. The van der Waals surface area contributed by atoms with Crippen LogP contribution < -0.4 is 4.74 Å². The van der Waals surface area contributed by atoms with Crippen molar-refractivity contribution in [1.82, 2.24) is 9.88 Å². The van der Waals surface area contributed by atoms with E-state index in [-0.39, 0.29) is 17.8 Å². The highest BCUT2D eigenvalue weighted by Crippen LogP contribution is 2.50. The van der Waals surface area contributed by atoms with Crippen LogP contribution in [-0.4, -0.2) is 39.1 Å². The van der Waals surface area contributed by atoms with Crippen molar-refractivity contribution >= 4 is 32.9 Å². The topological polar surface area (TPSA) is 58.0 Å². The normalized spacial score (nSPS) is 25.0. The maximum atomic E-state index is 10.1. The summed E-state index contributed by atoms with van der Waals surface area (Å²) >= 11 is 5.42. The van der Waals surface area contributed by atoms with Crippen molar-refractivity contribution in [2.75, 3.05) is 13.7 Å². The van der Waals surface area contributed by atoms with Crippen molar-refractivity contribution in [2.45, 2.75) is 24.3 Å². The average Bonchev–Trinajstić information content (AvgIpc) is 3.12. The SMILES string of the molecule is COc1cc([C@H]2[C@@H](c3ccccn3)N=C3S[C@@H](C)CN32)c(Br)cc1O. The molecule has 1 N–H and O–H groups in total. The number of methoxy groups -OCH3 is 1. The molecule has 1 fully saturated rings. The summed E-state index contributed by atoms with van der Waals surface area (Å²) in [5, 5.41) is 11.6. The number of benzene rings is 1. The Kier molecular flexibility index (Phi) is 4.37. The van der Waals surface area contributed by atoms with E-state index in [9.17, 15) is 5.11 Å². The summed E-state index contributed by atoms with van der Waals surface area (Å²) in [6.45, 7) is 3.15. The molecule has 4 rings (SSSR count). The molecule has 0 radical (unpaired) electrons. The van der Waals surface area contributed by atoms with E-state index in [4.69, 9.17) is 9.73 Å². The molecule has 0 spiro atoms. The molecule has 5 nitrogen and oxygen atoms in total. The van der Waals surface area contributed by atoms with Gasteiger partial charge in [-0.1, -0.05) is 40.7 Å². The Labute approximate surface area is 159 Å². The number of phenols is 1. The summed E-state index contributed by atoms with van der Waals surface area (Å²) in [6.07, 6.45) is 1.80. The quantitative estimate of drug-likeness (QED) is 0.809. The summed E-state index contributed by atoms with van der Waals surface area (Å²) in [6, 6.07) is 9.45. The molecule has 7 heteroatoms. The van der Waals surface area contributed by atoms with Crippen LogP contribution in [0, 0.1) is 0 Å². The van der Waals surface area contributed by atoms with Crippen molar-refractivity contribution in [3.05, 3.63) is 52.3 Å². The molecule has 1 aromatic heterocycles. The van der Waals surface area contributed by atoms with Gasteiger partial charge in [-0.2, -0.15) is 0 Å². The number of aliphatic imine (C=N–C) groups is 1. The van der Waals surface area contributed by atoms with Crippen LogP contribution in [0.15, 0.2) is 46.0 Å². The van der Waals surface area contributed by atoms with Crippen LogP contribution in [0.1, 0.15) is 30.3 Å². The van der Waals surface area contributed by atoms with Crippen molar-refractivity contribution in [1.29, 1.82) is 0 Å². The van der Waals surface area contributed by atoms with Gasteiger partial charge >= 0.3 is 0 Å². The van der Waals surface area contributed by atoms with Crippen molar-refractivity contribution in [3.63, 3.8) is 0 Å². The van der Waals surface area contributed by atoms with Gasteiger partial charge in [-0.15, -0.1) is 0 Å². The number of rotatable bonds is 3. The molecular weight excluding hydrogens is 402 g/mol. The average molecular weight is 420 g/mol. The highest BCUT2D eigenvalue weighted by atomic mass is 79.9. The second kappa shape index (κ2) is 6.53. The van der Waals surface area contributed by atoms with Crippen LogP contribution in [0.25, 0.3) is 0 Å². The molecule has 130 valence electrons. The molecule has 25 heavy (non-hydrogen) atoms. The van der Waals surface area contributed by atoms with E-state index in [1.54, 1.807) is 31.1 Å². The first-order valence-corrected chi connectivity index (χ1v) is 9.74. The fourth-order valence-electron chi connectivity index (χ4n) is 3.40. The molecule has 3 heterocycles. The Morgan fingerprint density at radius 1 is 1.36 bits per heavy atom. The first kappa shape index (κ1) is 16.7. The zero-order valence-electron chi connectivity index (χ0n) is 13.9. The predicted octanol–water partition coefficient (Wildman–Crippen LogP) is 4.15. The van der Waals surface area contributed by atoms with Gasteiger partial charge in [0, 0.05) is 22.5 Å². The Morgan fingerprint density at radius 2 is 2.20 bits per heavy atom. The van der Waals surface area contributed by atoms with E-state index in [1.807, 2.05) is 24.3 Å². The number of fused-ring (bicyclic) bond motifs is 1. The van der Waals surface area contributed by atoms with E-state index in [1.165, 1.54) is 0 Å². The van der Waals surface area contributed by atoms with Crippen LogP contribution in [0.4, 0.5) is 0 Å². The number of halogens is 1. The Hall–Kier alpha value is -1.73. The summed E-state index contributed by atoms with van der Waals surface area (Å²) < 4.78 is 6.17. The van der Waals surface area contributed by atoms with Gasteiger partial charge < -0.3 is 14.7 Å². The zero-order valence-corrected chi connectivity index (χ0v) is 16.3. The van der Waals surface area contributed by atoms with Crippen molar-refractivity contribution < 1.29 is 9.84 Å². The van der Waals surface area contributed by atoms with Crippen molar-refractivity contribution in [2.24, 2.45) is 4.99 Å². The second-order valence-electron chi connectivity index (χ2n) is 6.18. The van der Waals surface area contributed by atoms with Gasteiger partial charge in [0.05, 0.1) is 18.8 Å². The maximum Gasteiger partial charge on any atom is 0.160 e. The van der Waals surface area contributed by atoms with Gasteiger partial charge in [0.15, 0.2) is 16.7 Å². The molecular formula is C18H18BrN3O2S. The van der Waals surface area contributed by atoms with Gasteiger partial charge in [-0.3, -0.25) is 9.98 Å². The van der Waals surface area contributed by atoms with E-state index in [0.717, 1.165) is 27.4 Å². The van der Waals surface area contributed by atoms with Gasteiger partial charge in [0.25, 0.3) is 0 Å². The van der Waals surface area contributed by atoms with E-state index in [0.29, 0.717) is 11.0 Å². The van der Waals surface area contributed by atoms with Crippen molar-refractivity contribution in [3.8, 4) is 11.5 Å². The monoisotopic (exact) mass is 419 g/mol. The Balaban J connectivity index is 1.83. The summed E-state index contributed by atoms with van der Waals surface area (Å²) in [5.41, 5.74) is 1.99. The van der Waals surface area contributed by atoms with Gasteiger partial charge in [0.1, 0.15) is 6.04 Å². The lowest BCUT2D eigenvalue weighted by atomic mass is 9.96. The lowest BCUT2D eigenvalue weighted by molar-refractivity contribution is 0.317. The molecule has 1 aromatic carbocycles. The van der Waals surface area contributed by atoms with Crippen LogP contribution >= 0.6 is 27.7 Å². The third-order valence-corrected chi connectivity index (χ3v) is 6.29. The number of thioether (sulfide) groups is 1. The van der Waals surface area contributed by atoms with E-state index in [2.05, 4.69) is 32.7 Å². The minimum Gasteiger partial charge on any atom is -0.504 e. The van der Waals surface area contributed by atoms with E-state index < -0.39 is 0 Å². The largest absolute Gasteiger partial charge is 0.504 e. The molecule has 1 saturated heterocycles. The number of aromatic nitrogens is 1. The standard InChI is InChI=1S/C18H18BrN3O2S/c1-10-9-22-17(11-7-15(24-2)14(23)8-12(11)19)16(21-18(22)25-10)13-5-3-4-6-20-13/h3-8,10,16-17,23H,9H2,1-2H3/t10-,16+,17-/m0/s1. The predicted molar refractivity (Wildman–Crippen MR) is 103 cm³/mol. The third kappa shape index (κ3) is 2.89. The summed E-state index contributed by atoms with van der Waals surface area (Å²) in [7, 11) is 1.56. The number of amidine groups is 1. The Morgan fingerprint density at radius 3 is 2.92 bits per heavy atom. The molecule has 2 aromatic rings. The van der Waals surface area contributed by atoms with Crippen LogP contribution in [0.2, 0.25) is 0 Å². The zero-order chi connectivity index (χ0) is 17.6. The molecule has 0 unspecified atom stereocenters. The molecule has 0 bridgehead atoms. The molecule has 0 amide bonds.